The molecular formula is C21H17F3N4O2S. The van der Waals surface area contributed by atoms with E-state index in [9.17, 15) is 28.0 Å². The summed E-state index contributed by atoms with van der Waals surface area (Å²) in [4.78, 5) is 25.0. The number of alkyl halides is 3. The Balaban J connectivity index is 2.30. The number of rotatable bonds is 6. The van der Waals surface area contributed by atoms with Gasteiger partial charge in [0.15, 0.2) is 0 Å². The highest BCUT2D eigenvalue weighted by atomic mass is 32.1. The van der Waals surface area contributed by atoms with Crippen molar-refractivity contribution in [3.8, 4) is 11.8 Å². The first-order chi connectivity index (χ1) is 14.6. The van der Waals surface area contributed by atoms with Crippen LogP contribution < -0.4 is 11.2 Å². The number of allylic oxidation sites excluding steroid dienone is 2. The van der Waals surface area contributed by atoms with E-state index in [2.05, 4.69) is 23.6 Å². The minimum absolute atomic E-state index is 0.0809. The van der Waals surface area contributed by atoms with Crippen LogP contribution in [0.2, 0.25) is 0 Å². The average molecular weight is 446 g/mol. The molecule has 2 heterocycles. The quantitative estimate of drug-likeness (QED) is 0.535. The number of aromatic nitrogens is 3. The highest BCUT2D eigenvalue weighted by Crippen LogP contribution is 2.38. The predicted octanol–water partition coefficient (Wildman–Crippen LogP) is 4.08. The van der Waals surface area contributed by atoms with Crippen LogP contribution >= 0.6 is 11.5 Å². The normalized spacial score (nSPS) is 12.0. The predicted molar refractivity (Wildman–Crippen MR) is 112 cm³/mol. The number of nitrogens with zero attached hydrogens (tertiary/aromatic N) is 4. The van der Waals surface area contributed by atoms with Crippen LogP contribution in [-0.2, 0) is 18.6 Å². The van der Waals surface area contributed by atoms with Crippen molar-refractivity contribution in [2.24, 2.45) is 7.05 Å². The van der Waals surface area contributed by atoms with E-state index in [4.69, 9.17) is 0 Å². The third kappa shape index (κ3) is 3.72. The summed E-state index contributed by atoms with van der Waals surface area (Å²) in [7, 11) is 0.950. The Morgan fingerprint density at radius 2 is 1.84 bits per heavy atom. The molecule has 0 fully saturated rings. The van der Waals surface area contributed by atoms with Gasteiger partial charge in [-0.3, -0.25) is 9.36 Å². The van der Waals surface area contributed by atoms with E-state index in [0.717, 1.165) is 18.6 Å². The molecule has 31 heavy (non-hydrogen) atoms. The average Bonchev–Trinajstić information content (AvgIpc) is 3.13. The Hall–Kier alpha value is -3.45. The van der Waals surface area contributed by atoms with Crippen molar-refractivity contribution in [2.75, 3.05) is 0 Å². The fraction of sp³-hybridized carbons (Fsp3) is 0.238. The monoisotopic (exact) mass is 446 g/mol. The summed E-state index contributed by atoms with van der Waals surface area (Å²) in [6.07, 6.45) is -1.07. The van der Waals surface area contributed by atoms with Crippen LogP contribution in [0, 0.1) is 11.3 Å². The van der Waals surface area contributed by atoms with Gasteiger partial charge in [-0.15, -0.1) is 13.2 Å². The molecule has 1 aromatic carbocycles. The second-order valence-electron chi connectivity index (χ2n) is 6.93. The molecular weight excluding hydrogens is 429 g/mol. The van der Waals surface area contributed by atoms with Gasteiger partial charge in [-0.1, -0.05) is 12.2 Å². The first kappa shape index (κ1) is 22.2. The van der Waals surface area contributed by atoms with E-state index in [1.807, 2.05) is 0 Å². The first-order valence-electron chi connectivity index (χ1n) is 9.03. The Labute approximate surface area is 179 Å². The van der Waals surface area contributed by atoms with Gasteiger partial charge in [0.2, 0.25) is 0 Å². The van der Waals surface area contributed by atoms with Crippen LogP contribution in [0.25, 0.3) is 15.8 Å². The van der Waals surface area contributed by atoms with Gasteiger partial charge in [0, 0.05) is 18.5 Å². The highest BCUT2D eigenvalue weighted by molar-refractivity contribution is 7.13. The molecule has 0 unspecified atom stereocenters. The molecule has 0 aliphatic heterocycles. The van der Waals surface area contributed by atoms with Crippen LogP contribution in [0.4, 0.5) is 13.2 Å². The number of halogens is 3. The molecule has 0 spiro atoms. The van der Waals surface area contributed by atoms with Crippen molar-refractivity contribution >= 4 is 21.6 Å². The second kappa shape index (κ2) is 8.00. The molecule has 10 heteroatoms. The summed E-state index contributed by atoms with van der Waals surface area (Å²) in [5.41, 5.74) is -4.10. The Bertz CT molecular complexity index is 1330. The molecule has 0 N–H and O–H groups in total. The van der Waals surface area contributed by atoms with Crippen LogP contribution in [0.3, 0.4) is 0 Å². The van der Waals surface area contributed by atoms with Crippen LogP contribution in [0.15, 0.2) is 59.2 Å². The lowest BCUT2D eigenvalue weighted by atomic mass is 9.78. The summed E-state index contributed by atoms with van der Waals surface area (Å²) >= 11 is 1.14. The maximum atomic E-state index is 13.1. The lowest BCUT2D eigenvalue weighted by Crippen LogP contribution is -2.40. The van der Waals surface area contributed by atoms with Crippen LogP contribution in [0.1, 0.15) is 24.2 Å². The van der Waals surface area contributed by atoms with Gasteiger partial charge >= 0.3 is 11.9 Å². The number of hydrogen-bond donors (Lipinski definition) is 0. The van der Waals surface area contributed by atoms with Crippen molar-refractivity contribution < 1.29 is 13.2 Å². The topological polar surface area (TPSA) is 80.7 Å². The largest absolute Gasteiger partial charge is 0.431 e. The highest BCUT2D eigenvalue weighted by Gasteiger charge is 2.36. The van der Waals surface area contributed by atoms with Gasteiger partial charge in [-0.2, -0.15) is 22.8 Å². The lowest BCUT2D eigenvalue weighted by Gasteiger charge is -2.22. The third-order valence-electron chi connectivity index (χ3n) is 4.98. The van der Waals surface area contributed by atoms with E-state index in [0.29, 0.717) is 43.8 Å². The standard InChI is InChI=1S/C21H17F3N4O2S/c1-4-8-20(12-25,9-5-2)18-14-10-13(6-7-15(14)31-26-18)28-17(29)11-16(21(22,23)24)27(3)19(28)30/h4-7,10-11H,1-2,8-9H2,3H3. The summed E-state index contributed by atoms with van der Waals surface area (Å²) in [6.45, 7) is 7.40. The number of fused-ring (bicyclic) bond motifs is 1. The molecule has 0 aliphatic carbocycles. The van der Waals surface area contributed by atoms with E-state index >= 15 is 0 Å². The van der Waals surface area contributed by atoms with Gasteiger partial charge in [0.25, 0.3) is 5.56 Å². The van der Waals surface area contributed by atoms with E-state index < -0.39 is 28.5 Å². The molecule has 0 saturated carbocycles. The number of nitriles is 1. The maximum absolute atomic E-state index is 13.1. The zero-order valence-corrected chi connectivity index (χ0v) is 17.3. The zero-order valence-electron chi connectivity index (χ0n) is 16.4. The SMILES string of the molecule is C=CCC(C#N)(CC=C)c1nsc2ccc(-n3c(=O)cc(C(F)(F)F)n(C)c3=O)cc12. The van der Waals surface area contributed by atoms with Crippen molar-refractivity contribution in [3.63, 3.8) is 0 Å². The zero-order chi connectivity index (χ0) is 23.0. The molecule has 160 valence electrons. The molecule has 0 radical (unpaired) electrons. The Morgan fingerprint density at radius 1 is 1.19 bits per heavy atom. The molecule has 0 amide bonds. The molecule has 0 bridgehead atoms. The molecule has 3 aromatic rings. The van der Waals surface area contributed by atoms with Crippen molar-refractivity contribution in [2.45, 2.75) is 24.4 Å². The van der Waals surface area contributed by atoms with Gasteiger partial charge < -0.3 is 0 Å². The molecule has 0 saturated heterocycles. The number of benzene rings is 1. The van der Waals surface area contributed by atoms with Crippen molar-refractivity contribution in [1.29, 1.82) is 5.26 Å². The molecule has 2 aromatic heterocycles. The Kier molecular flexibility index (Phi) is 5.74. The molecule has 0 aliphatic rings. The van der Waals surface area contributed by atoms with Crippen LogP contribution in [-0.4, -0.2) is 13.5 Å². The Morgan fingerprint density at radius 3 is 2.39 bits per heavy atom. The van der Waals surface area contributed by atoms with E-state index in [1.54, 1.807) is 18.2 Å². The minimum atomic E-state index is -4.84. The molecule has 6 nitrogen and oxygen atoms in total. The van der Waals surface area contributed by atoms with Gasteiger partial charge in [-0.25, -0.2) is 9.36 Å². The fourth-order valence-electron chi connectivity index (χ4n) is 3.46. The van der Waals surface area contributed by atoms with Gasteiger partial charge in [0.05, 0.1) is 22.2 Å². The number of hydrogen-bond acceptors (Lipinski definition) is 5. The molecule has 0 atom stereocenters. The van der Waals surface area contributed by atoms with E-state index in [1.165, 1.54) is 12.1 Å². The lowest BCUT2D eigenvalue weighted by molar-refractivity contribution is -0.144. The summed E-state index contributed by atoms with van der Waals surface area (Å²) in [6, 6.07) is 7.20. The molecule has 3 rings (SSSR count). The van der Waals surface area contributed by atoms with Gasteiger partial charge in [-0.05, 0) is 42.6 Å². The minimum Gasteiger partial charge on any atom is -0.292 e. The summed E-state index contributed by atoms with van der Waals surface area (Å²) < 4.78 is 45.5. The van der Waals surface area contributed by atoms with Gasteiger partial charge in [0.1, 0.15) is 11.1 Å². The van der Waals surface area contributed by atoms with Crippen molar-refractivity contribution in [1.82, 2.24) is 13.5 Å². The maximum Gasteiger partial charge on any atom is 0.431 e. The van der Waals surface area contributed by atoms with E-state index in [-0.39, 0.29) is 5.69 Å². The summed E-state index contributed by atoms with van der Waals surface area (Å²) in [5, 5.41) is 10.4. The fourth-order valence-corrected chi connectivity index (χ4v) is 4.31. The summed E-state index contributed by atoms with van der Waals surface area (Å²) in [5.74, 6) is 0. The first-order valence-corrected chi connectivity index (χ1v) is 9.80. The smallest absolute Gasteiger partial charge is 0.292 e. The second-order valence-corrected chi connectivity index (χ2v) is 7.74. The van der Waals surface area contributed by atoms with Crippen molar-refractivity contribution in [3.05, 3.63) is 81.8 Å². The van der Waals surface area contributed by atoms with Crippen LogP contribution in [0.5, 0.6) is 0 Å². The third-order valence-corrected chi connectivity index (χ3v) is 5.80.